The number of sulfonamides is 1. The molecule has 1 aliphatic carbocycles. The van der Waals surface area contributed by atoms with Crippen molar-refractivity contribution >= 4 is 54.5 Å². The predicted octanol–water partition coefficient (Wildman–Crippen LogP) is 3.33. The Morgan fingerprint density at radius 1 is 1.48 bits per heavy atom. The maximum Gasteiger partial charge on any atom is 0.250 e. The summed E-state index contributed by atoms with van der Waals surface area (Å²) in [6.07, 6.45) is 5.35. The summed E-state index contributed by atoms with van der Waals surface area (Å²) >= 11 is 9.65. The molecule has 1 atom stereocenters. The fraction of sp³-hybridized carbons (Fsp3) is 0.615. The fourth-order valence-corrected chi connectivity index (χ4v) is 6.50. The first-order valence-electron chi connectivity index (χ1n) is 6.89. The van der Waals surface area contributed by atoms with Crippen molar-refractivity contribution in [1.82, 2.24) is 4.72 Å². The first-order chi connectivity index (χ1) is 9.81. The number of hydrogen-bond donors (Lipinski definition) is 2. The molecule has 4 nitrogen and oxygen atoms in total. The van der Waals surface area contributed by atoms with E-state index in [-0.39, 0.29) is 10.9 Å². The van der Waals surface area contributed by atoms with Crippen LogP contribution in [-0.2, 0) is 10.0 Å². The van der Waals surface area contributed by atoms with Crippen LogP contribution in [0.25, 0.3) is 0 Å². The minimum atomic E-state index is -3.58. The number of rotatable bonds is 5. The van der Waals surface area contributed by atoms with E-state index in [9.17, 15) is 8.42 Å². The Hall–Kier alpha value is -0.0200. The molecule has 8 heteroatoms. The third kappa shape index (κ3) is 4.25. The topological polar surface area (TPSA) is 72.2 Å². The number of hydrogen-bond acceptors (Lipinski definition) is 4. The van der Waals surface area contributed by atoms with Crippen LogP contribution in [0.4, 0.5) is 0 Å². The molecule has 1 aliphatic rings. The molecule has 0 radical (unpaired) electrons. The zero-order valence-corrected chi connectivity index (χ0v) is 15.8. The molecule has 1 fully saturated rings. The molecule has 0 bridgehead atoms. The zero-order valence-electron chi connectivity index (χ0n) is 11.8. The number of nitrogens with two attached hydrogens (primary N) is 1. The third-order valence-electron chi connectivity index (χ3n) is 3.81. The molecule has 118 valence electrons. The number of halogens is 1. The Morgan fingerprint density at radius 3 is 2.57 bits per heavy atom. The average Bonchev–Trinajstić information content (AvgIpc) is 2.78. The van der Waals surface area contributed by atoms with Crippen molar-refractivity contribution in [2.24, 2.45) is 11.7 Å². The van der Waals surface area contributed by atoms with Crippen LogP contribution in [-0.4, -0.2) is 19.4 Å². The molecule has 2 rings (SSSR count). The highest BCUT2D eigenvalue weighted by Crippen LogP contribution is 2.32. The van der Waals surface area contributed by atoms with Gasteiger partial charge in [-0.3, -0.25) is 0 Å². The second kappa shape index (κ2) is 7.04. The van der Waals surface area contributed by atoms with Crippen molar-refractivity contribution in [2.75, 3.05) is 0 Å². The van der Waals surface area contributed by atoms with Crippen molar-refractivity contribution in [2.45, 2.75) is 49.3 Å². The van der Waals surface area contributed by atoms with E-state index in [0.29, 0.717) is 4.21 Å². The monoisotopic (exact) mass is 410 g/mol. The summed E-state index contributed by atoms with van der Waals surface area (Å²) in [5.41, 5.74) is 6.69. The standard InChI is InChI=1S/C13H19BrN2O2S3/c1-8-7-10(20-12(8)14)21(17,18)16-11(13(15)19)9-5-3-2-4-6-9/h7,9,11,16H,2-6H2,1H3,(H2,15,19). The minimum Gasteiger partial charge on any atom is -0.392 e. The average molecular weight is 411 g/mol. The van der Waals surface area contributed by atoms with Gasteiger partial charge in [0.1, 0.15) is 4.21 Å². The Labute approximate surface area is 143 Å². The van der Waals surface area contributed by atoms with E-state index in [4.69, 9.17) is 18.0 Å². The summed E-state index contributed by atoms with van der Waals surface area (Å²) in [4.78, 5) is 0.234. The van der Waals surface area contributed by atoms with Crippen LogP contribution in [0.15, 0.2) is 14.1 Å². The van der Waals surface area contributed by atoms with Gasteiger partial charge in [-0.25, -0.2) is 13.1 Å². The number of nitrogens with one attached hydrogen (secondary N) is 1. The molecule has 0 saturated heterocycles. The van der Waals surface area contributed by atoms with Gasteiger partial charge in [0.2, 0.25) is 0 Å². The normalized spacial score (nSPS) is 18.6. The van der Waals surface area contributed by atoms with Crippen LogP contribution < -0.4 is 10.5 Å². The molecule has 21 heavy (non-hydrogen) atoms. The van der Waals surface area contributed by atoms with Crippen molar-refractivity contribution in [3.05, 3.63) is 15.4 Å². The number of thiophene rings is 1. The van der Waals surface area contributed by atoms with E-state index in [0.717, 1.165) is 35.0 Å². The quantitative estimate of drug-likeness (QED) is 0.729. The lowest BCUT2D eigenvalue weighted by Crippen LogP contribution is -2.48. The van der Waals surface area contributed by atoms with E-state index in [1.54, 1.807) is 6.07 Å². The van der Waals surface area contributed by atoms with Gasteiger partial charge in [-0.15, -0.1) is 11.3 Å². The number of aryl methyl sites for hydroxylation is 1. The molecular formula is C13H19BrN2O2S3. The van der Waals surface area contributed by atoms with Gasteiger partial charge in [0.05, 0.1) is 14.8 Å². The fourth-order valence-electron chi connectivity index (χ4n) is 2.64. The van der Waals surface area contributed by atoms with Crippen LogP contribution in [0, 0.1) is 12.8 Å². The lowest BCUT2D eigenvalue weighted by molar-refractivity contribution is 0.330. The summed E-state index contributed by atoms with van der Waals surface area (Å²) in [5.74, 6) is 0.204. The molecule has 0 aromatic carbocycles. The van der Waals surface area contributed by atoms with E-state index in [1.807, 2.05) is 6.92 Å². The third-order valence-corrected chi connectivity index (χ3v) is 8.11. The summed E-state index contributed by atoms with van der Waals surface area (Å²) in [7, 11) is -3.58. The Kier molecular flexibility index (Phi) is 5.81. The summed E-state index contributed by atoms with van der Waals surface area (Å²) in [6, 6.07) is 1.21. The lowest BCUT2D eigenvalue weighted by Gasteiger charge is -2.29. The maximum absolute atomic E-state index is 12.5. The highest BCUT2D eigenvalue weighted by Gasteiger charge is 2.31. The zero-order chi connectivity index (χ0) is 15.6. The predicted molar refractivity (Wildman–Crippen MR) is 94.2 cm³/mol. The van der Waals surface area contributed by atoms with Crippen LogP contribution in [0.5, 0.6) is 0 Å². The van der Waals surface area contributed by atoms with E-state index in [1.165, 1.54) is 17.8 Å². The molecule has 3 N–H and O–H groups in total. The molecule has 1 heterocycles. The van der Waals surface area contributed by atoms with Gasteiger partial charge in [0, 0.05) is 0 Å². The first kappa shape index (κ1) is 17.3. The highest BCUT2D eigenvalue weighted by atomic mass is 79.9. The van der Waals surface area contributed by atoms with Crippen molar-refractivity contribution in [3.8, 4) is 0 Å². The van der Waals surface area contributed by atoms with Crippen molar-refractivity contribution in [1.29, 1.82) is 0 Å². The summed E-state index contributed by atoms with van der Waals surface area (Å²) in [6.45, 7) is 1.87. The van der Waals surface area contributed by atoms with Gasteiger partial charge in [-0.2, -0.15) is 0 Å². The lowest BCUT2D eigenvalue weighted by atomic mass is 9.84. The molecule has 0 aliphatic heterocycles. The number of thiocarbonyl (C=S) groups is 1. The Morgan fingerprint density at radius 2 is 2.10 bits per heavy atom. The molecule has 1 saturated carbocycles. The SMILES string of the molecule is Cc1cc(S(=O)(=O)NC(C(N)=S)C2CCCCC2)sc1Br. The van der Waals surface area contributed by atoms with E-state index < -0.39 is 16.1 Å². The largest absolute Gasteiger partial charge is 0.392 e. The molecule has 0 amide bonds. The van der Waals surface area contributed by atoms with Gasteiger partial charge >= 0.3 is 0 Å². The second-order valence-corrected chi connectivity index (χ2v) is 10.2. The van der Waals surface area contributed by atoms with E-state index in [2.05, 4.69) is 20.7 Å². The molecular weight excluding hydrogens is 392 g/mol. The van der Waals surface area contributed by atoms with Gasteiger partial charge < -0.3 is 5.73 Å². The smallest absolute Gasteiger partial charge is 0.250 e. The highest BCUT2D eigenvalue weighted by molar-refractivity contribution is 9.11. The van der Waals surface area contributed by atoms with Gasteiger partial charge in [-0.1, -0.05) is 31.5 Å². The first-order valence-corrected chi connectivity index (χ1v) is 10.4. The molecule has 0 spiro atoms. The minimum absolute atomic E-state index is 0.204. The van der Waals surface area contributed by atoms with Crippen molar-refractivity contribution in [3.63, 3.8) is 0 Å². The Bertz CT molecular complexity index is 602. The maximum atomic E-state index is 12.5. The summed E-state index contributed by atoms with van der Waals surface area (Å²) < 4.78 is 28.9. The summed E-state index contributed by atoms with van der Waals surface area (Å²) in [5, 5.41) is 0. The van der Waals surface area contributed by atoms with Gasteiger partial charge in [0.25, 0.3) is 10.0 Å². The second-order valence-electron chi connectivity index (χ2n) is 5.42. The van der Waals surface area contributed by atoms with Crippen LogP contribution in [0.1, 0.15) is 37.7 Å². The van der Waals surface area contributed by atoms with Crippen LogP contribution in [0.2, 0.25) is 0 Å². The van der Waals surface area contributed by atoms with Crippen LogP contribution in [0.3, 0.4) is 0 Å². The van der Waals surface area contributed by atoms with Crippen molar-refractivity contribution < 1.29 is 8.42 Å². The van der Waals surface area contributed by atoms with Crippen LogP contribution >= 0.6 is 39.5 Å². The Balaban J connectivity index is 2.20. The van der Waals surface area contributed by atoms with Gasteiger partial charge in [0.15, 0.2) is 0 Å². The van der Waals surface area contributed by atoms with Gasteiger partial charge in [-0.05, 0) is 53.2 Å². The molecule has 1 aromatic rings. The molecule has 1 unspecified atom stereocenters. The molecule has 1 aromatic heterocycles. The van der Waals surface area contributed by atoms with E-state index >= 15 is 0 Å².